The molecule has 0 aromatic heterocycles. The van der Waals surface area contributed by atoms with Crippen LogP contribution in [0.15, 0.2) is 57.9 Å². The van der Waals surface area contributed by atoms with Crippen LogP contribution in [0.3, 0.4) is 0 Å². The Morgan fingerprint density at radius 1 is 1.15 bits per heavy atom. The molecule has 0 aliphatic carbocycles. The summed E-state index contributed by atoms with van der Waals surface area (Å²) in [5.41, 5.74) is 1.46. The summed E-state index contributed by atoms with van der Waals surface area (Å²) in [6.45, 7) is 0. The largest absolute Gasteiger partial charge is 0.271 e. The lowest BCUT2D eigenvalue weighted by molar-refractivity contribution is -0.385. The zero-order valence-electron chi connectivity index (χ0n) is 10.8. The van der Waals surface area contributed by atoms with Gasteiger partial charge in [-0.2, -0.15) is 0 Å². The summed E-state index contributed by atoms with van der Waals surface area (Å²) in [6, 6.07) is 15.4. The summed E-state index contributed by atoms with van der Waals surface area (Å²) in [5, 5.41) is 10.8. The SMILES string of the molecule is O=[N+]([O-])c1cc(Br)cc(SCCCc2ccccc2)c1. The van der Waals surface area contributed by atoms with Gasteiger partial charge in [0.1, 0.15) is 0 Å². The number of nitro benzene ring substituents is 1. The van der Waals surface area contributed by atoms with Crippen molar-refractivity contribution in [2.45, 2.75) is 17.7 Å². The molecule has 0 radical (unpaired) electrons. The lowest BCUT2D eigenvalue weighted by Crippen LogP contribution is -1.90. The van der Waals surface area contributed by atoms with Gasteiger partial charge in [-0.15, -0.1) is 11.8 Å². The minimum absolute atomic E-state index is 0.130. The standard InChI is InChI=1S/C15H14BrNO2S/c16-13-9-14(17(18)19)11-15(10-13)20-8-4-7-12-5-2-1-3-6-12/h1-3,5-6,9-11H,4,7-8H2. The first-order valence-electron chi connectivity index (χ1n) is 6.27. The minimum Gasteiger partial charge on any atom is -0.258 e. The molecule has 3 nitrogen and oxygen atoms in total. The number of rotatable bonds is 6. The Bertz CT molecular complexity index is 590. The Morgan fingerprint density at radius 2 is 1.90 bits per heavy atom. The molecule has 0 atom stereocenters. The van der Waals surface area contributed by atoms with Crippen molar-refractivity contribution < 1.29 is 4.92 Å². The molecule has 2 aromatic carbocycles. The molecule has 0 unspecified atom stereocenters. The second-order valence-corrected chi connectivity index (χ2v) is 6.42. The second-order valence-electron chi connectivity index (χ2n) is 4.34. The predicted octanol–water partition coefficient (Wildman–Crippen LogP) is 5.08. The van der Waals surface area contributed by atoms with Gasteiger partial charge in [0.15, 0.2) is 0 Å². The molecule has 0 saturated heterocycles. The summed E-state index contributed by atoms with van der Waals surface area (Å²) in [7, 11) is 0. The van der Waals surface area contributed by atoms with E-state index in [-0.39, 0.29) is 10.6 Å². The molecule has 0 aliphatic heterocycles. The van der Waals surface area contributed by atoms with Crippen LogP contribution in [0.2, 0.25) is 0 Å². The van der Waals surface area contributed by atoms with Gasteiger partial charge in [-0.1, -0.05) is 46.3 Å². The second kappa shape index (κ2) is 7.45. The van der Waals surface area contributed by atoms with Gasteiger partial charge in [-0.05, 0) is 30.2 Å². The highest BCUT2D eigenvalue weighted by Crippen LogP contribution is 2.28. The van der Waals surface area contributed by atoms with Gasteiger partial charge in [0, 0.05) is 21.5 Å². The third kappa shape index (κ3) is 4.65. The van der Waals surface area contributed by atoms with E-state index in [0.29, 0.717) is 0 Å². The fraction of sp³-hybridized carbons (Fsp3) is 0.200. The number of nitrogens with zero attached hydrogens (tertiary/aromatic N) is 1. The van der Waals surface area contributed by atoms with Gasteiger partial charge in [-0.25, -0.2) is 0 Å². The van der Waals surface area contributed by atoms with Gasteiger partial charge in [-0.3, -0.25) is 10.1 Å². The van der Waals surface area contributed by atoms with Gasteiger partial charge >= 0.3 is 0 Å². The monoisotopic (exact) mass is 351 g/mol. The first-order chi connectivity index (χ1) is 9.65. The smallest absolute Gasteiger partial charge is 0.258 e. The number of aryl methyl sites for hydroxylation is 1. The molecular formula is C15H14BrNO2S. The lowest BCUT2D eigenvalue weighted by atomic mass is 10.1. The molecule has 5 heteroatoms. The summed E-state index contributed by atoms with van der Waals surface area (Å²) in [6.07, 6.45) is 2.08. The highest BCUT2D eigenvalue weighted by molar-refractivity contribution is 9.10. The quantitative estimate of drug-likeness (QED) is 0.315. The van der Waals surface area contributed by atoms with E-state index in [0.717, 1.165) is 28.0 Å². The van der Waals surface area contributed by atoms with Crippen molar-refractivity contribution in [3.8, 4) is 0 Å². The molecule has 2 rings (SSSR count). The van der Waals surface area contributed by atoms with Crippen LogP contribution in [-0.2, 0) is 6.42 Å². The third-order valence-electron chi connectivity index (χ3n) is 2.79. The molecule has 0 bridgehead atoms. The average Bonchev–Trinajstić information content (AvgIpc) is 2.44. The van der Waals surface area contributed by atoms with Crippen LogP contribution >= 0.6 is 27.7 Å². The summed E-state index contributed by atoms with van der Waals surface area (Å²) >= 11 is 4.96. The highest BCUT2D eigenvalue weighted by atomic mass is 79.9. The van der Waals surface area contributed by atoms with Crippen LogP contribution in [0.4, 0.5) is 5.69 Å². The van der Waals surface area contributed by atoms with Crippen LogP contribution in [0.25, 0.3) is 0 Å². The summed E-state index contributed by atoms with van der Waals surface area (Å²) in [4.78, 5) is 11.4. The fourth-order valence-corrected chi connectivity index (χ4v) is 3.42. The Hall–Kier alpha value is -1.33. The minimum atomic E-state index is -0.362. The zero-order valence-corrected chi connectivity index (χ0v) is 13.2. The van der Waals surface area contributed by atoms with Crippen LogP contribution < -0.4 is 0 Å². The van der Waals surface area contributed by atoms with E-state index in [1.807, 2.05) is 24.3 Å². The molecule has 0 aliphatic rings. The van der Waals surface area contributed by atoms with Crippen molar-refractivity contribution in [3.05, 3.63) is 68.7 Å². The van der Waals surface area contributed by atoms with Crippen LogP contribution in [0.5, 0.6) is 0 Å². The maximum atomic E-state index is 10.8. The number of halogens is 1. The van der Waals surface area contributed by atoms with Crippen molar-refractivity contribution in [3.63, 3.8) is 0 Å². The Balaban J connectivity index is 1.86. The van der Waals surface area contributed by atoms with Gasteiger partial charge in [0.2, 0.25) is 0 Å². The molecule has 0 heterocycles. The van der Waals surface area contributed by atoms with E-state index >= 15 is 0 Å². The number of non-ortho nitro benzene ring substituents is 1. The molecule has 0 saturated carbocycles. The summed E-state index contributed by atoms with van der Waals surface area (Å²) < 4.78 is 0.747. The van der Waals surface area contributed by atoms with Crippen molar-refractivity contribution >= 4 is 33.4 Å². The van der Waals surface area contributed by atoms with Crippen molar-refractivity contribution in [2.75, 3.05) is 5.75 Å². The molecule has 0 spiro atoms. The van der Waals surface area contributed by atoms with Gasteiger partial charge in [0.05, 0.1) is 4.92 Å². The van der Waals surface area contributed by atoms with Gasteiger partial charge < -0.3 is 0 Å². The van der Waals surface area contributed by atoms with E-state index in [1.54, 1.807) is 17.8 Å². The average molecular weight is 352 g/mol. The Kier molecular flexibility index (Phi) is 5.61. The van der Waals surface area contributed by atoms with Crippen LogP contribution in [-0.4, -0.2) is 10.7 Å². The fourth-order valence-electron chi connectivity index (χ4n) is 1.85. The zero-order chi connectivity index (χ0) is 14.4. The first kappa shape index (κ1) is 15.1. The molecule has 104 valence electrons. The maximum absolute atomic E-state index is 10.8. The number of hydrogen-bond acceptors (Lipinski definition) is 3. The van der Waals surface area contributed by atoms with Crippen molar-refractivity contribution in [2.24, 2.45) is 0 Å². The summed E-state index contributed by atoms with van der Waals surface area (Å²) in [5.74, 6) is 0.947. The first-order valence-corrected chi connectivity index (χ1v) is 8.05. The molecular weight excluding hydrogens is 338 g/mol. The molecule has 0 amide bonds. The van der Waals surface area contributed by atoms with Crippen LogP contribution in [0, 0.1) is 10.1 Å². The molecule has 2 aromatic rings. The predicted molar refractivity (Wildman–Crippen MR) is 86.3 cm³/mol. The van der Waals surface area contributed by atoms with E-state index in [2.05, 4.69) is 28.1 Å². The highest BCUT2D eigenvalue weighted by Gasteiger charge is 2.08. The van der Waals surface area contributed by atoms with Crippen molar-refractivity contribution in [1.29, 1.82) is 0 Å². The van der Waals surface area contributed by atoms with E-state index in [4.69, 9.17) is 0 Å². The number of thioether (sulfide) groups is 1. The number of hydrogen-bond donors (Lipinski definition) is 0. The van der Waals surface area contributed by atoms with Crippen LogP contribution in [0.1, 0.15) is 12.0 Å². The Morgan fingerprint density at radius 3 is 2.60 bits per heavy atom. The van der Waals surface area contributed by atoms with E-state index in [1.165, 1.54) is 11.6 Å². The van der Waals surface area contributed by atoms with E-state index < -0.39 is 0 Å². The maximum Gasteiger partial charge on any atom is 0.271 e. The Labute approximate surface area is 130 Å². The molecule has 20 heavy (non-hydrogen) atoms. The van der Waals surface area contributed by atoms with E-state index in [9.17, 15) is 10.1 Å². The number of nitro groups is 1. The normalized spacial score (nSPS) is 10.4. The third-order valence-corrected chi connectivity index (χ3v) is 4.31. The molecule has 0 N–H and O–H groups in total. The topological polar surface area (TPSA) is 43.1 Å². The lowest BCUT2D eigenvalue weighted by Gasteiger charge is -2.03. The van der Waals surface area contributed by atoms with Gasteiger partial charge in [0.25, 0.3) is 5.69 Å². The van der Waals surface area contributed by atoms with Crippen molar-refractivity contribution in [1.82, 2.24) is 0 Å². The number of benzene rings is 2. The molecule has 0 fully saturated rings.